The van der Waals surface area contributed by atoms with Crippen molar-refractivity contribution in [3.8, 4) is 45.6 Å². The van der Waals surface area contributed by atoms with Gasteiger partial charge in [0.2, 0.25) is 36.1 Å². The van der Waals surface area contributed by atoms with E-state index in [0.717, 1.165) is 6.07 Å². The summed E-state index contributed by atoms with van der Waals surface area (Å²) in [5.74, 6) is -4.25. The molecule has 5 aromatic carbocycles. The zero-order valence-corrected chi connectivity index (χ0v) is 49.8. The van der Waals surface area contributed by atoms with E-state index < -0.39 is 64.7 Å². The van der Waals surface area contributed by atoms with Crippen LogP contribution in [0.5, 0.6) is 34.5 Å². The quantitative estimate of drug-likeness (QED) is 0.157. The van der Waals surface area contributed by atoms with Gasteiger partial charge in [-0.15, -0.1) is 0 Å². The average Bonchev–Trinajstić information content (AvgIpc) is 3.15. The van der Waals surface area contributed by atoms with Crippen LogP contribution in [0, 0.1) is 0 Å². The van der Waals surface area contributed by atoms with Crippen LogP contribution in [0.25, 0.3) is 11.1 Å². The van der Waals surface area contributed by atoms with E-state index in [1.165, 1.54) is 72.8 Å². The van der Waals surface area contributed by atoms with Crippen LogP contribution in [0.2, 0.25) is 0 Å². The molecule has 5 aromatic rings. The topological polar surface area (TPSA) is 65.0 Å². The van der Waals surface area contributed by atoms with E-state index in [2.05, 4.69) is 0 Å². The third kappa shape index (κ3) is 16.0. The van der Waals surface area contributed by atoms with Gasteiger partial charge in [0.25, 0.3) is 0 Å². The molecule has 0 spiro atoms. The number of carbonyl (C=O) groups is 1. The van der Waals surface area contributed by atoms with Crippen LogP contribution in [-0.2, 0) is 30.3 Å². The van der Waals surface area contributed by atoms with Gasteiger partial charge in [-0.2, -0.15) is 0 Å². The molecule has 5 rings (SSSR count). The van der Waals surface area contributed by atoms with Crippen molar-refractivity contribution in [2.24, 2.45) is 0 Å². The molecule has 368 valence electrons. The molecule has 0 aliphatic carbocycles. The Labute approximate surface area is 507 Å². The predicted octanol–water partition coefficient (Wildman–Crippen LogP) is 23.0. The zero-order chi connectivity index (χ0) is 51.7. The third-order valence-corrected chi connectivity index (χ3v) is 13.9. The summed E-state index contributed by atoms with van der Waals surface area (Å²) in [6, 6.07) is 15.7. The monoisotopic (exact) mass is 1400 g/mol. The molecule has 68 heavy (non-hydrogen) atoms. The highest BCUT2D eigenvalue weighted by molar-refractivity contribution is 6.70. The number of carboxylic acids is 1. The van der Waals surface area contributed by atoms with Crippen molar-refractivity contribution in [3.63, 3.8) is 0 Å². The lowest BCUT2D eigenvalue weighted by Gasteiger charge is -2.25. The van der Waals surface area contributed by atoms with Crippen molar-refractivity contribution in [2.45, 2.75) is 30.3 Å². The summed E-state index contributed by atoms with van der Waals surface area (Å²) >= 11 is 152. The number of benzene rings is 5. The molecule has 0 aliphatic heterocycles. The Morgan fingerprint density at radius 3 is 0.809 bits per heavy atom. The number of hydrogen-bond acceptors (Lipinski definition) is 4. The number of rotatable bonds is 8. The zero-order valence-electron chi connectivity index (χ0n) is 31.7. The summed E-state index contributed by atoms with van der Waals surface area (Å²) in [4.78, 5) is 13.7. The van der Waals surface area contributed by atoms with Gasteiger partial charge >= 0.3 is 5.97 Å². The number of alkyl halides is 24. The van der Waals surface area contributed by atoms with Gasteiger partial charge in [0.05, 0.1) is 5.56 Å². The van der Waals surface area contributed by atoms with E-state index in [9.17, 15) is 9.90 Å². The first-order valence-corrected chi connectivity index (χ1v) is 26.3. The SMILES string of the molecule is O=C(O)c1cc(Oc2cc(C(Cl)(Cl)Cl)cc(C(Cl)(Cl)Cl)c2)c(Oc2cc(C(Cl)(Cl)Cl)cc(C(Cl)(Cl)Cl)c2)c(Oc2cc(C(Cl)(Cl)Cl)cc(C(Cl)(Cl)Cl)c2)c1-c1cc(C(Cl)(Cl)Cl)cc(C(Cl)(Cl)Cl)c1. The lowest BCUT2D eigenvalue weighted by Crippen LogP contribution is -2.11. The lowest BCUT2D eigenvalue weighted by molar-refractivity contribution is 0.0697. The van der Waals surface area contributed by atoms with E-state index in [4.69, 9.17) is 293 Å². The van der Waals surface area contributed by atoms with Crippen molar-refractivity contribution in [3.05, 3.63) is 129 Å². The van der Waals surface area contributed by atoms with Crippen molar-refractivity contribution < 1.29 is 24.1 Å². The van der Waals surface area contributed by atoms with Crippen LogP contribution in [-0.4, -0.2) is 11.1 Å². The fourth-order valence-electron chi connectivity index (χ4n) is 5.76. The van der Waals surface area contributed by atoms with Crippen LogP contribution < -0.4 is 14.2 Å². The standard InChI is InChI=1S/C39H14Cl24O5/c40-32(41,42)15-1-14(2-16(3-15)33(43,44)45)28-26(31(64)65)13-27(66-23-7-17(34(46,47)48)4-18(8-23)35(49,50)51)29(67-24-9-19(36(52,53)54)5-20(10-24)37(55,56)57)30(28)68-25-11-21(38(58,59)60)6-22(12-25)39(61,62)63/h1-13H,(H,64,65). The molecule has 0 bridgehead atoms. The number of ether oxygens (including phenoxy) is 3. The van der Waals surface area contributed by atoms with Gasteiger partial charge in [-0.25, -0.2) is 4.79 Å². The van der Waals surface area contributed by atoms with E-state index in [-0.39, 0.29) is 67.3 Å². The molecule has 1 N–H and O–H groups in total. The first-order valence-electron chi connectivity index (χ1n) is 17.2. The molecular formula is C39H14Cl24O5. The van der Waals surface area contributed by atoms with E-state index >= 15 is 0 Å². The minimum Gasteiger partial charge on any atom is -0.478 e. The van der Waals surface area contributed by atoms with Gasteiger partial charge in [0.15, 0.2) is 11.5 Å². The van der Waals surface area contributed by atoms with Crippen molar-refractivity contribution in [1.82, 2.24) is 0 Å². The second-order valence-corrected chi connectivity index (χ2v) is 31.8. The van der Waals surface area contributed by atoms with Crippen LogP contribution in [0.15, 0.2) is 78.9 Å². The van der Waals surface area contributed by atoms with Crippen molar-refractivity contribution in [1.29, 1.82) is 0 Å². The van der Waals surface area contributed by atoms with Gasteiger partial charge < -0.3 is 19.3 Å². The van der Waals surface area contributed by atoms with Gasteiger partial charge in [-0.1, -0.05) is 278 Å². The van der Waals surface area contributed by atoms with Crippen molar-refractivity contribution in [2.75, 3.05) is 0 Å². The number of carboxylic acid groups (broad SMARTS) is 1. The maximum Gasteiger partial charge on any atom is 0.336 e. The molecule has 0 heterocycles. The first kappa shape index (κ1) is 60.8. The Morgan fingerprint density at radius 2 is 0.559 bits per heavy atom. The summed E-state index contributed by atoms with van der Waals surface area (Å²) in [7, 11) is 0. The smallest absolute Gasteiger partial charge is 0.336 e. The minimum atomic E-state index is -2.25. The predicted molar refractivity (Wildman–Crippen MR) is 292 cm³/mol. The fourth-order valence-corrected chi connectivity index (χ4v) is 8.38. The number of aromatic carboxylic acids is 1. The fraction of sp³-hybridized carbons (Fsp3) is 0.205. The molecule has 0 aliphatic rings. The average molecular weight is 1410 g/mol. The first-order chi connectivity index (χ1) is 30.5. The molecule has 0 aromatic heterocycles. The Bertz CT molecular complexity index is 2600. The van der Waals surface area contributed by atoms with Crippen LogP contribution in [0.4, 0.5) is 0 Å². The van der Waals surface area contributed by atoms with Crippen LogP contribution >= 0.6 is 278 Å². The molecule has 0 saturated heterocycles. The molecule has 0 fully saturated rings. The third-order valence-electron chi connectivity index (χ3n) is 8.66. The van der Waals surface area contributed by atoms with Crippen molar-refractivity contribution >= 4 is 284 Å². The summed E-state index contributed by atoms with van der Waals surface area (Å²) in [5.41, 5.74) is -2.20. The normalized spacial score (nSPS) is 13.4. The van der Waals surface area contributed by atoms with E-state index in [1.54, 1.807) is 0 Å². The molecule has 29 heteroatoms. The molecule has 0 amide bonds. The van der Waals surface area contributed by atoms with Gasteiger partial charge in [0.1, 0.15) is 17.2 Å². The van der Waals surface area contributed by atoms with Gasteiger partial charge in [-0.05, 0) is 78.4 Å². The molecular weight excluding hydrogens is 1400 g/mol. The number of hydrogen-bond donors (Lipinski definition) is 1. The highest BCUT2D eigenvalue weighted by Crippen LogP contribution is 2.57. The summed E-state index contributed by atoms with van der Waals surface area (Å²) in [6.45, 7) is 0. The largest absolute Gasteiger partial charge is 0.478 e. The molecule has 5 nitrogen and oxygen atoms in total. The molecule has 0 radical (unpaired) electrons. The Balaban J connectivity index is 2.09. The van der Waals surface area contributed by atoms with E-state index in [0.29, 0.717) is 0 Å². The maximum atomic E-state index is 13.7. The number of halogens is 24. The second-order valence-electron chi connectivity index (χ2n) is 13.6. The van der Waals surface area contributed by atoms with Crippen LogP contribution in [0.3, 0.4) is 0 Å². The maximum absolute atomic E-state index is 13.7. The van der Waals surface area contributed by atoms with E-state index in [1.807, 2.05) is 0 Å². The highest BCUT2D eigenvalue weighted by atomic mass is 35.6. The lowest BCUT2D eigenvalue weighted by atomic mass is 9.94. The summed E-state index contributed by atoms with van der Waals surface area (Å²) < 4.78 is 1.95. The summed E-state index contributed by atoms with van der Waals surface area (Å²) in [6.07, 6.45) is 0. The van der Waals surface area contributed by atoms with Crippen LogP contribution in [0.1, 0.15) is 54.9 Å². The Kier molecular flexibility index (Phi) is 19.8. The Hall–Kier alpha value is 1.93. The Morgan fingerprint density at radius 1 is 0.324 bits per heavy atom. The molecule has 0 saturated carbocycles. The van der Waals surface area contributed by atoms with Gasteiger partial charge in [-0.3, -0.25) is 0 Å². The highest BCUT2D eigenvalue weighted by Gasteiger charge is 2.37. The second kappa shape index (κ2) is 22.1. The minimum absolute atomic E-state index is 0.0939. The molecule has 0 atom stereocenters. The summed E-state index contributed by atoms with van der Waals surface area (Å²) in [5, 5.41) is 11.1. The molecule has 0 unspecified atom stereocenters. The van der Waals surface area contributed by atoms with Gasteiger partial charge in [0, 0.05) is 56.1 Å².